The number of halogens is 2. The molecule has 0 bridgehead atoms. The largest absolute Gasteiger partial charge is 0.479 e. The van der Waals surface area contributed by atoms with Crippen molar-refractivity contribution in [2.24, 2.45) is 0 Å². The SMILES string of the molecule is O=C(O)C(O)C(O)c1ccc(Br)c(Cl)c1. The van der Waals surface area contributed by atoms with Gasteiger partial charge in [0.1, 0.15) is 6.10 Å². The van der Waals surface area contributed by atoms with Gasteiger partial charge < -0.3 is 15.3 Å². The van der Waals surface area contributed by atoms with Gasteiger partial charge in [-0.2, -0.15) is 0 Å². The maximum atomic E-state index is 10.4. The molecule has 0 saturated heterocycles. The van der Waals surface area contributed by atoms with Crippen LogP contribution < -0.4 is 0 Å². The molecule has 4 nitrogen and oxygen atoms in total. The minimum Gasteiger partial charge on any atom is -0.479 e. The number of rotatable bonds is 3. The Hall–Kier alpha value is -0.620. The van der Waals surface area contributed by atoms with Crippen LogP contribution in [-0.2, 0) is 4.79 Å². The van der Waals surface area contributed by atoms with Gasteiger partial charge in [-0.25, -0.2) is 4.79 Å². The number of carboxylic acid groups (broad SMARTS) is 1. The molecule has 1 rings (SSSR count). The third-order valence-electron chi connectivity index (χ3n) is 1.84. The van der Waals surface area contributed by atoms with Crippen molar-refractivity contribution in [3.8, 4) is 0 Å². The van der Waals surface area contributed by atoms with Crippen molar-refractivity contribution in [3.63, 3.8) is 0 Å². The van der Waals surface area contributed by atoms with Crippen LogP contribution in [-0.4, -0.2) is 27.4 Å². The summed E-state index contributed by atoms with van der Waals surface area (Å²) in [5.74, 6) is -1.48. The molecule has 1 aromatic rings. The first-order chi connectivity index (χ1) is 6.93. The summed E-state index contributed by atoms with van der Waals surface area (Å²) in [6.45, 7) is 0. The molecule has 0 fully saturated rings. The zero-order chi connectivity index (χ0) is 11.6. The van der Waals surface area contributed by atoms with E-state index in [0.29, 0.717) is 9.50 Å². The number of benzene rings is 1. The number of aliphatic hydroxyl groups excluding tert-OH is 2. The lowest BCUT2D eigenvalue weighted by atomic mass is 10.0. The summed E-state index contributed by atoms with van der Waals surface area (Å²) in [5.41, 5.74) is 0.248. The van der Waals surface area contributed by atoms with E-state index in [2.05, 4.69) is 15.9 Å². The molecule has 0 radical (unpaired) electrons. The van der Waals surface area contributed by atoms with E-state index in [9.17, 15) is 9.90 Å². The number of hydrogen-bond donors (Lipinski definition) is 3. The van der Waals surface area contributed by atoms with Crippen molar-refractivity contribution < 1.29 is 20.1 Å². The lowest BCUT2D eigenvalue weighted by Gasteiger charge is -2.14. The van der Waals surface area contributed by atoms with E-state index in [1.54, 1.807) is 6.07 Å². The van der Waals surface area contributed by atoms with Crippen LogP contribution in [0.1, 0.15) is 11.7 Å². The fourth-order valence-corrected chi connectivity index (χ4v) is 1.45. The van der Waals surface area contributed by atoms with Gasteiger partial charge in [0.05, 0.1) is 5.02 Å². The average Bonchev–Trinajstić information content (AvgIpc) is 2.19. The van der Waals surface area contributed by atoms with E-state index in [0.717, 1.165) is 0 Å². The van der Waals surface area contributed by atoms with Gasteiger partial charge >= 0.3 is 5.97 Å². The summed E-state index contributed by atoms with van der Waals surface area (Å²) in [6.07, 6.45) is -3.35. The normalized spacial score (nSPS) is 14.7. The Morgan fingerprint density at radius 3 is 2.47 bits per heavy atom. The molecule has 0 saturated carbocycles. The first-order valence-electron chi connectivity index (χ1n) is 3.97. The number of aliphatic hydroxyl groups is 2. The van der Waals surface area contributed by atoms with Crippen LogP contribution in [0.4, 0.5) is 0 Å². The molecule has 0 spiro atoms. The van der Waals surface area contributed by atoms with Gasteiger partial charge in [-0.15, -0.1) is 0 Å². The van der Waals surface area contributed by atoms with Crippen molar-refractivity contribution in [2.45, 2.75) is 12.2 Å². The second-order valence-electron chi connectivity index (χ2n) is 2.90. The lowest BCUT2D eigenvalue weighted by molar-refractivity contribution is -0.153. The predicted molar refractivity (Wildman–Crippen MR) is 57.8 cm³/mol. The molecule has 0 aliphatic carbocycles. The van der Waals surface area contributed by atoms with Gasteiger partial charge in [0.25, 0.3) is 0 Å². The minimum atomic E-state index is -1.86. The van der Waals surface area contributed by atoms with Crippen molar-refractivity contribution >= 4 is 33.5 Å². The third kappa shape index (κ3) is 2.92. The van der Waals surface area contributed by atoms with Crippen LogP contribution >= 0.6 is 27.5 Å². The molecule has 1 aromatic carbocycles. The van der Waals surface area contributed by atoms with Crippen LogP contribution in [0.3, 0.4) is 0 Å². The second-order valence-corrected chi connectivity index (χ2v) is 4.16. The summed E-state index contributed by atoms with van der Waals surface area (Å²) in [6, 6.07) is 4.44. The lowest BCUT2D eigenvalue weighted by Crippen LogP contribution is -2.27. The standard InChI is InChI=1S/C9H8BrClO4/c10-5-2-1-4(3-6(5)11)7(12)8(13)9(14)15/h1-3,7-8,12-13H,(H,14,15). The third-order valence-corrected chi connectivity index (χ3v) is 3.07. The van der Waals surface area contributed by atoms with Gasteiger partial charge in [0, 0.05) is 4.47 Å². The molecule has 0 aliphatic heterocycles. The van der Waals surface area contributed by atoms with Gasteiger partial charge in [-0.3, -0.25) is 0 Å². The highest BCUT2D eigenvalue weighted by atomic mass is 79.9. The van der Waals surface area contributed by atoms with Gasteiger partial charge in [-0.1, -0.05) is 17.7 Å². The van der Waals surface area contributed by atoms with E-state index >= 15 is 0 Å². The maximum absolute atomic E-state index is 10.4. The molecular formula is C9H8BrClO4. The topological polar surface area (TPSA) is 77.8 Å². The smallest absolute Gasteiger partial charge is 0.335 e. The van der Waals surface area contributed by atoms with Crippen LogP contribution in [0.2, 0.25) is 5.02 Å². The first-order valence-corrected chi connectivity index (χ1v) is 5.14. The monoisotopic (exact) mass is 294 g/mol. The van der Waals surface area contributed by atoms with E-state index in [1.165, 1.54) is 12.1 Å². The van der Waals surface area contributed by atoms with Crippen molar-refractivity contribution in [3.05, 3.63) is 33.3 Å². The summed E-state index contributed by atoms with van der Waals surface area (Å²) in [4.78, 5) is 10.4. The van der Waals surface area contributed by atoms with Crippen LogP contribution in [0.25, 0.3) is 0 Å². The molecule has 82 valence electrons. The molecular weight excluding hydrogens is 287 g/mol. The Morgan fingerprint density at radius 1 is 1.40 bits per heavy atom. The van der Waals surface area contributed by atoms with E-state index in [4.69, 9.17) is 21.8 Å². The summed E-state index contributed by atoms with van der Waals surface area (Å²) in [5, 5.41) is 27.4. The summed E-state index contributed by atoms with van der Waals surface area (Å²) >= 11 is 8.91. The molecule has 2 unspecified atom stereocenters. The van der Waals surface area contributed by atoms with Crippen LogP contribution in [0, 0.1) is 0 Å². The Labute approximate surface area is 99.2 Å². The zero-order valence-electron chi connectivity index (χ0n) is 7.39. The number of hydrogen-bond acceptors (Lipinski definition) is 3. The predicted octanol–water partition coefficient (Wildman–Crippen LogP) is 1.58. The Morgan fingerprint density at radius 2 is 2.00 bits per heavy atom. The maximum Gasteiger partial charge on any atom is 0.335 e. The molecule has 15 heavy (non-hydrogen) atoms. The molecule has 2 atom stereocenters. The molecule has 0 aromatic heterocycles. The number of aliphatic carboxylic acids is 1. The van der Waals surface area contributed by atoms with E-state index in [-0.39, 0.29) is 5.56 Å². The second kappa shape index (κ2) is 4.94. The summed E-state index contributed by atoms with van der Waals surface area (Å²) < 4.78 is 0.630. The average molecular weight is 296 g/mol. The first kappa shape index (κ1) is 12.4. The highest BCUT2D eigenvalue weighted by molar-refractivity contribution is 9.10. The fraction of sp³-hybridized carbons (Fsp3) is 0.222. The van der Waals surface area contributed by atoms with Gasteiger partial charge in [0.15, 0.2) is 6.10 Å². The molecule has 6 heteroatoms. The summed E-state index contributed by atoms with van der Waals surface area (Å²) in [7, 11) is 0. The Balaban J connectivity index is 2.96. The van der Waals surface area contributed by atoms with Crippen molar-refractivity contribution in [1.29, 1.82) is 0 Å². The van der Waals surface area contributed by atoms with Gasteiger partial charge in [0.2, 0.25) is 0 Å². The molecule has 3 N–H and O–H groups in total. The quantitative estimate of drug-likeness (QED) is 0.791. The van der Waals surface area contributed by atoms with Crippen LogP contribution in [0.15, 0.2) is 22.7 Å². The Kier molecular flexibility index (Phi) is 4.10. The van der Waals surface area contributed by atoms with Crippen LogP contribution in [0.5, 0.6) is 0 Å². The highest BCUT2D eigenvalue weighted by Crippen LogP contribution is 2.27. The van der Waals surface area contributed by atoms with Gasteiger partial charge in [-0.05, 0) is 33.6 Å². The fourth-order valence-electron chi connectivity index (χ4n) is 1.01. The van der Waals surface area contributed by atoms with Crippen molar-refractivity contribution in [1.82, 2.24) is 0 Å². The highest BCUT2D eigenvalue weighted by Gasteiger charge is 2.25. The molecule has 0 amide bonds. The Bertz CT molecular complexity index is 382. The minimum absolute atomic E-state index is 0.248. The number of carbonyl (C=O) groups is 1. The molecule has 0 heterocycles. The zero-order valence-corrected chi connectivity index (χ0v) is 9.73. The molecule has 0 aliphatic rings. The van der Waals surface area contributed by atoms with E-state index < -0.39 is 18.2 Å². The number of carboxylic acids is 1. The van der Waals surface area contributed by atoms with E-state index in [1.807, 2.05) is 0 Å². The van der Waals surface area contributed by atoms with Crippen molar-refractivity contribution in [2.75, 3.05) is 0 Å².